The topological polar surface area (TPSA) is 48.4 Å². The van der Waals surface area contributed by atoms with Gasteiger partial charge in [0, 0.05) is 6.20 Å². The van der Waals surface area contributed by atoms with Gasteiger partial charge in [-0.2, -0.15) is 0 Å². The van der Waals surface area contributed by atoms with Gasteiger partial charge in [-0.25, -0.2) is 9.78 Å². The first-order valence-corrected chi connectivity index (χ1v) is 5.92. The molecule has 1 saturated carbocycles. The zero-order valence-corrected chi connectivity index (χ0v) is 10.2. The molecule has 0 saturated heterocycles. The third-order valence-corrected chi connectivity index (χ3v) is 2.97. The summed E-state index contributed by atoms with van der Waals surface area (Å²) in [4.78, 5) is 15.8. The maximum Gasteiger partial charge on any atom is 0.343 e. The summed E-state index contributed by atoms with van der Waals surface area (Å²) in [5.41, 5.74) is 1.34. The Morgan fingerprint density at radius 3 is 2.76 bits per heavy atom. The van der Waals surface area contributed by atoms with Crippen LogP contribution in [-0.2, 0) is 4.74 Å². The Hall–Kier alpha value is -1.58. The van der Waals surface area contributed by atoms with Crippen molar-refractivity contribution in [1.29, 1.82) is 0 Å². The van der Waals surface area contributed by atoms with Crippen molar-refractivity contribution in [3.8, 4) is 5.88 Å². The first-order valence-electron chi connectivity index (χ1n) is 5.92. The molecule has 1 aromatic heterocycles. The van der Waals surface area contributed by atoms with Crippen LogP contribution in [0.3, 0.4) is 0 Å². The molecule has 1 aliphatic rings. The van der Waals surface area contributed by atoms with Crippen molar-refractivity contribution >= 4 is 5.97 Å². The second-order valence-corrected chi connectivity index (χ2v) is 4.38. The number of esters is 1. The maximum atomic E-state index is 11.6. The van der Waals surface area contributed by atoms with Crippen molar-refractivity contribution in [2.75, 3.05) is 7.11 Å². The third kappa shape index (κ3) is 2.75. The number of ether oxygens (including phenoxy) is 2. The number of aryl methyl sites for hydroxylation is 1. The minimum atomic E-state index is -0.394. The molecule has 0 radical (unpaired) electrons. The highest BCUT2D eigenvalue weighted by atomic mass is 16.5. The van der Waals surface area contributed by atoms with E-state index >= 15 is 0 Å². The van der Waals surface area contributed by atoms with E-state index in [0.717, 1.165) is 18.4 Å². The zero-order chi connectivity index (χ0) is 12.3. The lowest BCUT2D eigenvalue weighted by atomic mass is 10.2. The van der Waals surface area contributed by atoms with Gasteiger partial charge in [-0.3, -0.25) is 0 Å². The van der Waals surface area contributed by atoms with Crippen LogP contribution in [0.1, 0.15) is 41.6 Å². The molecule has 1 fully saturated rings. The number of methoxy groups -OCH3 is 1. The molecule has 0 atom stereocenters. The minimum Gasteiger partial charge on any atom is -0.474 e. The molecule has 17 heavy (non-hydrogen) atoms. The van der Waals surface area contributed by atoms with Gasteiger partial charge in [0.05, 0.1) is 7.11 Å². The van der Waals surface area contributed by atoms with Gasteiger partial charge >= 0.3 is 5.97 Å². The van der Waals surface area contributed by atoms with Crippen molar-refractivity contribution < 1.29 is 14.3 Å². The molecule has 0 amide bonds. The lowest BCUT2D eigenvalue weighted by Crippen LogP contribution is -2.15. The van der Waals surface area contributed by atoms with E-state index in [-0.39, 0.29) is 6.10 Å². The first kappa shape index (κ1) is 11.9. The second-order valence-electron chi connectivity index (χ2n) is 4.38. The number of aromatic nitrogens is 1. The Bertz CT molecular complexity index is 411. The third-order valence-electron chi connectivity index (χ3n) is 2.97. The summed E-state index contributed by atoms with van der Waals surface area (Å²) >= 11 is 0. The van der Waals surface area contributed by atoms with Crippen LogP contribution in [-0.4, -0.2) is 24.2 Å². The standard InChI is InChI=1S/C13H17NO3/c1-9-7-11(13(15)16-2)12(14-8-9)17-10-5-3-4-6-10/h7-8,10H,3-6H2,1-2H3. The summed E-state index contributed by atoms with van der Waals surface area (Å²) < 4.78 is 10.5. The second kappa shape index (κ2) is 5.17. The fourth-order valence-corrected chi connectivity index (χ4v) is 2.07. The Balaban J connectivity index is 2.22. The Kier molecular flexibility index (Phi) is 3.61. The fourth-order valence-electron chi connectivity index (χ4n) is 2.07. The van der Waals surface area contributed by atoms with E-state index < -0.39 is 5.97 Å². The molecule has 1 aromatic rings. The molecule has 1 aliphatic carbocycles. The smallest absolute Gasteiger partial charge is 0.343 e. The average Bonchev–Trinajstić information content (AvgIpc) is 2.83. The van der Waals surface area contributed by atoms with Crippen LogP contribution < -0.4 is 4.74 Å². The van der Waals surface area contributed by atoms with E-state index in [9.17, 15) is 4.79 Å². The molecular formula is C13H17NO3. The Morgan fingerprint density at radius 1 is 1.41 bits per heavy atom. The molecule has 92 valence electrons. The van der Waals surface area contributed by atoms with E-state index in [2.05, 4.69) is 4.98 Å². The number of pyridine rings is 1. The van der Waals surface area contributed by atoms with Crippen molar-refractivity contribution in [2.45, 2.75) is 38.7 Å². The molecule has 1 heterocycles. The molecular weight excluding hydrogens is 218 g/mol. The molecule has 4 nitrogen and oxygen atoms in total. The predicted molar refractivity (Wildman–Crippen MR) is 63.2 cm³/mol. The van der Waals surface area contributed by atoms with Gasteiger partial charge < -0.3 is 9.47 Å². The van der Waals surface area contributed by atoms with Gasteiger partial charge in [-0.1, -0.05) is 0 Å². The summed E-state index contributed by atoms with van der Waals surface area (Å²) in [6.07, 6.45) is 6.34. The summed E-state index contributed by atoms with van der Waals surface area (Å²) in [5, 5.41) is 0. The largest absolute Gasteiger partial charge is 0.474 e. The molecule has 0 N–H and O–H groups in total. The van der Waals surface area contributed by atoms with E-state index in [1.807, 2.05) is 6.92 Å². The van der Waals surface area contributed by atoms with Crippen LogP contribution in [0.25, 0.3) is 0 Å². The average molecular weight is 235 g/mol. The fraction of sp³-hybridized carbons (Fsp3) is 0.538. The lowest BCUT2D eigenvalue weighted by molar-refractivity contribution is 0.0591. The van der Waals surface area contributed by atoms with Crippen LogP contribution in [0.4, 0.5) is 0 Å². The van der Waals surface area contributed by atoms with Crippen LogP contribution in [0, 0.1) is 6.92 Å². The summed E-state index contributed by atoms with van der Waals surface area (Å²) in [7, 11) is 1.37. The predicted octanol–water partition coefficient (Wildman–Crippen LogP) is 2.50. The van der Waals surface area contributed by atoms with Gasteiger partial charge in [0.2, 0.25) is 5.88 Å². The van der Waals surface area contributed by atoms with Gasteiger partial charge in [0.25, 0.3) is 0 Å². The van der Waals surface area contributed by atoms with Crippen molar-refractivity contribution in [3.63, 3.8) is 0 Å². The summed E-state index contributed by atoms with van der Waals surface area (Å²) in [6, 6.07) is 1.75. The molecule has 0 aliphatic heterocycles. The number of carbonyl (C=O) groups excluding carboxylic acids is 1. The van der Waals surface area contributed by atoms with Crippen LogP contribution >= 0.6 is 0 Å². The number of hydrogen-bond donors (Lipinski definition) is 0. The Morgan fingerprint density at radius 2 is 2.12 bits per heavy atom. The Labute approximate surface area is 101 Å². The quantitative estimate of drug-likeness (QED) is 0.755. The number of nitrogens with zero attached hydrogens (tertiary/aromatic N) is 1. The number of hydrogen-bond acceptors (Lipinski definition) is 4. The van der Waals surface area contributed by atoms with E-state index in [1.165, 1.54) is 20.0 Å². The van der Waals surface area contributed by atoms with Gasteiger partial charge in [0.1, 0.15) is 11.7 Å². The van der Waals surface area contributed by atoms with Crippen molar-refractivity contribution in [3.05, 3.63) is 23.4 Å². The van der Waals surface area contributed by atoms with Gasteiger partial charge in [-0.15, -0.1) is 0 Å². The zero-order valence-electron chi connectivity index (χ0n) is 10.2. The highest BCUT2D eigenvalue weighted by Gasteiger charge is 2.21. The monoisotopic (exact) mass is 235 g/mol. The molecule has 0 unspecified atom stereocenters. The van der Waals surface area contributed by atoms with Gasteiger partial charge in [-0.05, 0) is 44.2 Å². The highest BCUT2D eigenvalue weighted by molar-refractivity contribution is 5.91. The molecule has 0 bridgehead atoms. The van der Waals surface area contributed by atoms with E-state index in [0.29, 0.717) is 11.4 Å². The SMILES string of the molecule is COC(=O)c1cc(C)cnc1OC1CCCC1. The van der Waals surface area contributed by atoms with Crippen molar-refractivity contribution in [1.82, 2.24) is 4.98 Å². The number of carbonyl (C=O) groups is 1. The molecule has 4 heteroatoms. The molecule has 0 aromatic carbocycles. The minimum absolute atomic E-state index is 0.189. The van der Waals surface area contributed by atoms with Crippen LogP contribution in [0.2, 0.25) is 0 Å². The van der Waals surface area contributed by atoms with Crippen LogP contribution in [0.15, 0.2) is 12.3 Å². The van der Waals surface area contributed by atoms with E-state index in [1.54, 1.807) is 12.3 Å². The summed E-state index contributed by atoms with van der Waals surface area (Å²) in [5.74, 6) is 0.00328. The summed E-state index contributed by atoms with van der Waals surface area (Å²) in [6.45, 7) is 1.89. The van der Waals surface area contributed by atoms with Gasteiger partial charge in [0.15, 0.2) is 0 Å². The lowest BCUT2D eigenvalue weighted by Gasteiger charge is -2.14. The molecule has 0 spiro atoms. The normalized spacial score (nSPS) is 15.9. The number of rotatable bonds is 3. The van der Waals surface area contributed by atoms with Crippen molar-refractivity contribution in [2.24, 2.45) is 0 Å². The highest BCUT2D eigenvalue weighted by Crippen LogP contribution is 2.25. The van der Waals surface area contributed by atoms with E-state index in [4.69, 9.17) is 9.47 Å². The maximum absolute atomic E-state index is 11.6. The molecule has 2 rings (SSSR count). The van der Waals surface area contributed by atoms with Crippen LogP contribution in [0.5, 0.6) is 5.88 Å². The first-order chi connectivity index (χ1) is 8.20.